The number of benzene rings is 1. The molecule has 8 heteroatoms. The third-order valence-electron chi connectivity index (χ3n) is 4.67. The van der Waals surface area contributed by atoms with Crippen molar-refractivity contribution in [3.63, 3.8) is 0 Å². The molecule has 0 saturated carbocycles. The van der Waals surface area contributed by atoms with E-state index in [1.165, 1.54) is 0 Å². The zero-order valence-corrected chi connectivity index (χ0v) is 15.9. The lowest BCUT2D eigenvalue weighted by molar-refractivity contribution is -0.110. The van der Waals surface area contributed by atoms with Gasteiger partial charge in [0, 0.05) is 12.2 Å². The van der Waals surface area contributed by atoms with Crippen molar-refractivity contribution in [2.24, 2.45) is 5.16 Å². The van der Waals surface area contributed by atoms with Gasteiger partial charge in [-0.25, -0.2) is 0 Å². The number of amides is 1. The van der Waals surface area contributed by atoms with Gasteiger partial charge in [0.2, 0.25) is 0 Å². The van der Waals surface area contributed by atoms with E-state index in [2.05, 4.69) is 15.8 Å². The third kappa shape index (κ3) is 4.52. The lowest BCUT2D eigenvalue weighted by atomic mass is 9.77. The number of oxime groups is 1. The van der Waals surface area contributed by atoms with Crippen LogP contribution in [0.4, 0.5) is 5.69 Å². The van der Waals surface area contributed by atoms with Crippen molar-refractivity contribution in [3.05, 3.63) is 35.3 Å². The largest absolute Gasteiger partial charge is 0.491 e. The van der Waals surface area contributed by atoms with Crippen LogP contribution >= 0.6 is 0 Å². The quantitative estimate of drug-likeness (QED) is 0.314. The van der Waals surface area contributed by atoms with E-state index in [0.29, 0.717) is 12.2 Å². The second-order valence-corrected chi connectivity index (χ2v) is 7.16. The number of rotatable bonds is 6. The van der Waals surface area contributed by atoms with Gasteiger partial charge in [0.25, 0.3) is 5.91 Å². The van der Waals surface area contributed by atoms with Gasteiger partial charge in [-0.3, -0.25) is 4.79 Å². The summed E-state index contributed by atoms with van der Waals surface area (Å²) < 4.78 is 12.3. The molecule has 3 N–H and O–H groups in total. The third-order valence-corrected chi connectivity index (χ3v) is 4.67. The summed E-state index contributed by atoms with van der Waals surface area (Å²) in [5.74, 6) is -0.515. The number of nitrogens with one attached hydrogen (secondary N) is 2. The van der Waals surface area contributed by atoms with Crippen LogP contribution in [0.3, 0.4) is 0 Å². The maximum atomic E-state index is 11.7. The maximum Gasteiger partial charge on any atom is 0.491 e. The van der Waals surface area contributed by atoms with Crippen molar-refractivity contribution >= 4 is 31.0 Å². The van der Waals surface area contributed by atoms with E-state index in [1.807, 2.05) is 59.0 Å². The summed E-state index contributed by atoms with van der Waals surface area (Å²) in [6.45, 7) is 8.59. The molecule has 1 aromatic carbocycles. The number of para-hydroxylation sites is 1. The van der Waals surface area contributed by atoms with Crippen LogP contribution in [0.1, 0.15) is 33.3 Å². The van der Waals surface area contributed by atoms with Crippen LogP contribution in [0.5, 0.6) is 0 Å². The number of anilines is 1. The van der Waals surface area contributed by atoms with Gasteiger partial charge in [-0.05, 0) is 51.8 Å². The second-order valence-electron chi connectivity index (χ2n) is 7.16. The van der Waals surface area contributed by atoms with E-state index >= 15 is 0 Å². The molecule has 1 aliphatic heterocycles. The highest BCUT2D eigenvalue weighted by atomic mass is 16.7. The highest BCUT2D eigenvalue weighted by molar-refractivity contribution is 6.56. The standard InChI is InChI=1S/C18H26BN3O4/c1-17(2)18(3,4)26-19(25-17)14(11-20-5)10-13-8-6-7-9-15(13)22-16(23)12-21-24/h6-10,12,20,24H,11H2,1-5H3,(H,22,23). The van der Waals surface area contributed by atoms with Gasteiger partial charge in [0.15, 0.2) is 0 Å². The smallest absolute Gasteiger partial charge is 0.411 e. The van der Waals surface area contributed by atoms with Crippen molar-refractivity contribution < 1.29 is 19.3 Å². The molecule has 140 valence electrons. The number of carbonyl (C=O) groups excluding carboxylic acids is 1. The molecule has 1 amide bonds. The van der Waals surface area contributed by atoms with Crippen LogP contribution in [0, 0.1) is 0 Å². The fourth-order valence-corrected chi connectivity index (χ4v) is 2.55. The molecule has 0 spiro atoms. The van der Waals surface area contributed by atoms with Gasteiger partial charge in [-0.15, -0.1) is 0 Å². The number of hydrogen-bond acceptors (Lipinski definition) is 6. The van der Waals surface area contributed by atoms with Gasteiger partial charge in [0.1, 0.15) is 6.21 Å². The maximum absolute atomic E-state index is 11.7. The molecular weight excluding hydrogens is 333 g/mol. The van der Waals surface area contributed by atoms with Crippen LogP contribution in [0.15, 0.2) is 34.9 Å². The number of carbonyl (C=O) groups is 1. The predicted molar refractivity (Wildman–Crippen MR) is 103 cm³/mol. The normalized spacial score (nSPS) is 19.1. The Bertz CT molecular complexity index is 700. The first kappa shape index (κ1) is 20.2. The topological polar surface area (TPSA) is 92.2 Å². The number of nitrogens with zero attached hydrogens (tertiary/aromatic N) is 1. The van der Waals surface area contributed by atoms with Crippen LogP contribution < -0.4 is 10.6 Å². The lowest BCUT2D eigenvalue weighted by Crippen LogP contribution is -2.41. The molecule has 26 heavy (non-hydrogen) atoms. The predicted octanol–water partition coefficient (Wildman–Crippen LogP) is 2.32. The zero-order valence-electron chi connectivity index (χ0n) is 15.9. The molecule has 0 atom stereocenters. The Morgan fingerprint density at radius 2 is 1.85 bits per heavy atom. The Labute approximate surface area is 154 Å². The molecule has 1 aromatic rings. The minimum Gasteiger partial charge on any atom is -0.411 e. The summed E-state index contributed by atoms with van der Waals surface area (Å²) in [6, 6.07) is 7.35. The molecule has 1 heterocycles. The molecule has 2 rings (SSSR count). The molecule has 0 aromatic heterocycles. The summed E-state index contributed by atoms with van der Waals surface area (Å²) >= 11 is 0. The molecule has 0 aliphatic carbocycles. The molecule has 7 nitrogen and oxygen atoms in total. The van der Waals surface area contributed by atoms with E-state index in [1.54, 1.807) is 6.07 Å². The van der Waals surface area contributed by atoms with E-state index in [4.69, 9.17) is 14.5 Å². The van der Waals surface area contributed by atoms with Crippen LogP contribution in [0.25, 0.3) is 6.08 Å². The first-order chi connectivity index (χ1) is 12.2. The molecule has 0 unspecified atom stereocenters. The minimum atomic E-state index is -0.515. The lowest BCUT2D eigenvalue weighted by Gasteiger charge is -2.32. The van der Waals surface area contributed by atoms with Crippen molar-refractivity contribution in [2.75, 3.05) is 18.9 Å². The van der Waals surface area contributed by atoms with E-state index < -0.39 is 24.2 Å². The summed E-state index contributed by atoms with van der Waals surface area (Å²) in [4.78, 5) is 11.7. The molecule has 1 aliphatic rings. The Balaban J connectivity index is 2.34. The number of hydrogen-bond donors (Lipinski definition) is 3. The van der Waals surface area contributed by atoms with Gasteiger partial charge in [-0.2, -0.15) is 0 Å². The average Bonchev–Trinajstić information content (AvgIpc) is 2.77. The second kappa shape index (κ2) is 8.03. The fourth-order valence-electron chi connectivity index (χ4n) is 2.55. The Hall–Kier alpha value is -2.16. The van der Waals surface area contributed by atoms with Gasteiger partial charge >= 0.3 is 7.12 Å². The minimum absolute atomic E-state index is 0.435. The summed E-state index contributed by atoms with van der Waals surface area (Å²) in [5.41, 5.74) is 1.43. The monoisotopic (exact) mass is 359 g/mol. The van der Waals surface area contributed by atoms with Crippen molar-refractivity contribution in [1.29, 1.82) is 0 Å². The molecular formula is C18H26BN3O4. The molecule has 1 saturated heterocycles. The zero-order chi connectivity index (χ0) is 19.4. The summed E-state index contributed by atoms with van der Waals surface area (Å²) in [5, 5.41) is 17.1. The van der Waals surface area contributed by atoms with Crippen LogP contribution in [-0.4, -0.2) is 49.2 Å². The van der Waals surface area contributed by atoms with Crippen LogP contribution in [0.2, 0.25) is 0 Å². The first-order valence-corrected chi connectivity index (χ1v) is 8.48. The molecule has 1 fully saturated rings. The van der Waals surface area contributed by atoms with E-state index in [0.717, 1.165) is 17.3 Å². The summed E-state index contributed by atoms with van der Waals surface area (Å²) in [7, 11) is 1.36. The van der Waals surface area contributed by atoms with Crippen molar-refractivity contribution in [3.8, 4) is 0 Å². The SMILES string of the molecule is CNCC(=Cc1ccccc1NC(=O)C=NO)B1OC(C)(C)C(C)(C)O1. The Morgan fingerprint density at radius 3 is 2.42 bits per heavy atom. The fraction of sp³-hybridized carbons (Fsp3) is 0.444. The van der Waals surface area contributed by atoms with Gasteiger partial charge < -0.3 is 25.1 Å². The first-order valence-electron chi connectivity index (χ1n) is 8.48. The van der Waals surface area contributed by atoms with Gasteiger partial charge in [0.05, 0.1) is 11.2 Å². The highest BCUT2D eigenvalue weighted by Gasteiger charge is 2.52. The Kier molecular flexibility index (Phi) is 6.23. The van der Waals surface area contributed by atoms with Crippen LogP contribution in [-0.2, 0) is 14.1 Å². The highest BCUT2D eigenvalue weighted by Crippen LogP contribution is 2.39. The number of likely N-dealkylation sites (N-methyl/N-ethyl adjacent to an activating group) is 1. The van der Waals surface area contributed by atoms with E-state index in [9.17, 15) is 4.79 Å². The van der Waals surface area contributed by atoms with Crippen molar-refractivity contribution in [2.45, 2.75) is 38.9 Å². The molecule has 0 radical (unpaired) electrons. The van der Waals surface area contributed by atoms with Crippen molar-refractivity contribution in [1.82, 2.24) is 5.32 Å². The molecule has 0 bridgehead atoms. The van der Waals surface area contributed by atoms with E-state index in [-0.39, 0.29) is 0 Å². The average molecular weight is 359 g/mol. The summed E-state index contributed by atoms with van der Waals surface area (Å²) in [6.07, 6.45) is 2.74. The Morgan fingerprint density at radius 1 is 1.23 bits per heavy atom. The van der Waals surface area contributed by atoms with Gasteiger partial charge in [-0.1, -0.05) is 29.4 Å².